The summed E-state index contributed by atoms with van der Waals surface area (Å²) in [7, 11) is 0. The van der Waals surface area contributed by atoms with Gasteiger partial charge in [0.15, 0.2) is 17.5 Å². The van der Waals surface area contributed by atoms with Gasteiger partial charge < -0.3 is 4.57 Å². The Morgan fingerprint density at radius 1 is 0.314 bits per heavy atom. The van der Waals surface area contributed by atoms with Crippen LogP contribution in [0.4, 0.5) is 0 Å². The minimum Gasteiger partial charge on any atom is -0.308 e. The van der Waals surface area contributed by atoms with Crippen LogP contribution in [-0.4, -0.2) is 19.5 Å². The van der Waals surface area contributed by atoms with Crippen molar-refractivity contribution < 1.29 is 0 Å². The highest BCUT2D eigenvalue weighted by molar-refractivity contribution is 6.10. The zero-order valence-corrected chi connectivity index (χ0v) is 27.6. The van der Waals surface area contributed by atoms with E-state index < -0.39 is 0 Å². The number of hydrogen-bond donors (Lipinski definition) is 0. The second kappa shape index (κ2) is 11.9. The third kappa shape index (κ3) is 5.04. The number of benzene rings is 8. The van der Waals surface area contributed by atoms with Crippen molar-refractivity contribution >= 4 is 43.4 Å². The lowest BCUT2D eigenvalue weighted by Crippen LogP contribution is -2.04. The van der Waals surface area contributed by atoms with E-state index in [1.165, 1.54) is 26.9 Å². The molecular formula is C47H30N4. The van der Waals surface area contributed by atoms with Crippen molar-refractivity contribution in [1.29, 1.82) is 0 Å². The van der Waals surface area contributed by atoms with Crippen LogP contribution in [0.2, 0.25) is 0 Å². The standard InChI is InChI=1S/C47H30N4/c1-2-14-33(15-3-1)45-48-46(38-25-23-32-13-5-7-17-35(32)29-38)50-47(49-45)41-27-26-37(36-24-22-31-12-4-6-16-34(31)28-36)30-44(41)51-42-20-10-8-18-39(42)40-19-9-11-21-43(40)51/h1-30H. The Hall–Kier alpha value is -6.91. The zero-order valence-electron chi connectivity index (χ0n) is 27.6. The molecule has 4 nitrogen and oxygen atoms in total. The fraction of sp³-hybridized carbons (Fsp3) is 0. The van der Waals surface area contributed by atoms with Gasteiger partial charge in [0.1, 0.15) is 0 Å². The first-order chi connectivity index (χ1) is 25.3. The highest BCUT2D eigenvalue weighted by Gasteiger charge is 2.20. The Morgan fingerprint density at radius 2 is 0.784 bits per heavy atom. The summed E-state index contributed by atoms with van der Waals surface area (Å²) in [6.07, 6.45) is 0. The molecule has 0 aliphatic heterocycles. The molecule has 2 aromatic heterocycles. The summed E-state index contributed by atoms with van der Waals surface area (Å²) in [5, 5.41) is 7.16. The number of hydrogen-bond acceptors (Lipinski definition) is 3. The molecular weight excluding hydrogens is 621 g/mol. The van der Waals surface area contributed by atoms with Crippen molar-refractivity contribution in [2.24, 2.45) is 0 Å². The first kappa shape index (κ1) is 29.0. The normalized spacial score (nSPS) is 11.5. The van der Waals surface area contributed by atoms with Crippen LogP contribution in [-0.2, 0) is 0 Å². The summed E-state index contributed by atoms with van der Waals surface area (Å²) in [5.74, 6) is 1.89. The molecule has 4 heteroatoms. The van der Waals surface area contributed by atoms with Gasteiger partial charge in [-0.2, -0.15) is 0 Å². The Labute approximate surface area is 295 Å². The van der Waals surface area contributed by atoms with Gasteiger partial charge in [-0.15, -0.1) is 0 Å². The van der Waals surface area contributed by atoms with Crippen molar-refractivity contribution in [3.63, 3.8) is 0 Å². The van der Waals surface area contributed by atoms with Crippen LogP contribution < -0.4 is 0 Å². The lowest BCUT2D eigenvalue weighted by atomic mass is 9.98. The molecule has 10 aromatic rings. The van der Waals surface area contributed by atoms with Crippen molar-refractivity contribution in [3.8, 4) is 51.0 Å². The van der Waals surface area contributed by atoms with Gasteiger partial charge in [-0.05, 0) is 69.1 Å². The topological polar surface area (TPSA) is 43.6 Å². The Balaban J connectivity index is 1.26. The number of rotatable bonds is 5. The van der Waals surface area contributed by atoms with Gasteiger partial charge >= 0.3 is 0 Å². The Bertz CT molecular complexity index is 2870. The molecule has 0 unspecified atom stereocenters. The van der Waals surface area contributed by atoms with E-state index in [1.54, 1.807) is 0 Å². The lowest BCUT2D eigenvalue weighted by Gasteiger charge is -2.16. The maximum atomic E-state index is 5.24. The van der Waals surface area contributed by atoms with Gasteiger partial charge in [0.25, 0.3) is 0 Å². The maximum absolute atomic E-state index is 5.24. The van der Waals surface area contributed by atoms with Gasteiger partial charge in [0.05, 0.1) is 16.7 Å². The Morgan fingerprint density at radius 3 is 1.45 bits per heavy atom. The van der Waals surface area contributed by atoms with Gasteiger partial charge in [0.2, 0.25) is 0 Å². The van der Waals surface area contributed by atoms with Gasteiger partial charge in [-0.25, -0.2) is 15.0 Å². The molecule has 0 aliphatic carbocycles. The van der Waals surface area contributed by atoms with Crippen molar-refractivity contribution in [3.05, 3.63) is 182 Å². The Kier molecular flexibility index (Phi) is 6.78. The summed E-state index contributed by atoms with van der Waals surface area (Å²) in [5.41, 5.74) is 8.34. The zero-order chi connectivity index (χ0) is 33.7. The van der Waals surface area contributed by atoms with Crippen molar-refractivity contribution in [2.75, 3.05) is 0 Å². The highest BCUT2D eigenvalue weighted by atomic mass is 15.1. The minimum atomic E-state index is 0.619. The summed E-state index contributed by atoms with van der Waals surface area (Å²) in [4.78, 5) is 15.5. The van der Waals surface area contributed by atoms with Crippen molar-refractivity contribution in [1.82, 2.24) is 19.5 Å². The van der Waals surface area contributed by atoms with Crippen LogP contribution in [0.1, 0.15) is 0 Å². The molecule has 8 aromatic carbocycles. The maximum Gasteiger partial charge on any atom is 0.166 e. The molecule has 2 heterocycles. The summed E-state index contributed by atoms with van der Waals surface area (Å²) >= 11 is 0. The van der Waals surface area contributed by atoms with Crippen LogP contribution in [0.15, 0.2) is 182 Å². The monoisotopic (exact) mass is 650 g/mol. The van der Waals surface area contributed by atoms with E-state index in [4.69, 9.17) is 15.0 Å². The molecule has 51 heavy (non-hydrogen) atoms. The average Bonchev–Trinajstić information content (AvgIpc) is 3.54. The molecule has 238 valence electrons. The predicted molar refractivity (Wildman–Crippen MR) is 211 cm³/mol. The number of para-hydroxylation sites is 2. The average molecular weight is 651 g/mol. The fourth-order valence-electron chi connectivity index (χ4n) is 7.31. The molecule has 0 saturated carbocycles. The molecule has 0 saturated heterocycles. The van der Waals surface area contributed by atoms with E-state index in [9.17, 15) is 0 Å². The molecule has 0 bridgehead atoms. The number of aromatic nitrogens is 4. The van der Waals surface area contributed by atoms with Crippen LogP contribution in [0, 0.1) is 0 Å². The molecule has 0 radical (unpaired) electrons. The number of fused-ring (bicyclic) bond motifs is 5. The van der Waals surface area contributed by atoms with Crippen LogP contribution in [0.25, 0.3) is 94.3 Å². The summed E-state index contributed by atoms with van der Waals surface area (Å²) in [6.45, 7) is 0. The number of nitrogens with zero attached hydrogens (tertiary/aromatic N) is 4. The summed E-state index contributed by atoms with van der Waals surface area (Å²) < 4.78 is 2.37. The molecule has 10 rings (SSSR count). The summed E-state index contributed by atoms with van der Waals surface area (Å²) in [6, 6.07) is 64.1. The van der Waals surface area contributed by atoms with Gasteiger partial charge in [0, 0.05) is 27.5 Å². The second-order valence-corrected chi connectivity index (χ2v) is 12.9. The SMILES string of the molecule is c1ccc(-c2nc(-c3ccc4ccccc4c3)nc(-c3ccc(-c4ccc5ccccc5c4)cc3-n3c4ccccc4c4ccccc43)n2)cc1. The molecule has 0 amide bonds. The largest absolute Gasteiger partial charge is 0.308 e. The molecule has 0 spiro atoms. The van der Waals surface area contributed by atoms with E-state index in [-0.39, 0.29) is 0 Å². The molecule has 0 atom stereocenters. The molecule has 0 N–H and O–H groups in total. The van der Waals surface area contributed by atoms with Gasteiger partial charge in [-0.3, -0.25) is 0 Å². The van der Waals surface area contributed by atoms with E-state index in [0.29, 0.717) is 17.5 Å². The van der Waals surface area contributed by atoms with E-state index in [0.717, 1.165) is 49.9 Å². The van der Waals surface area contributed by atoms with Crippen LogP contribution in [0.5, 0.6) is 0 Å². The molecule has 0 aliphatic rings. The predicted octanol–water partition coefficient (Wildman–Crippen LogP) is 11.9. The first-order valence-electron chi connectivity index (χ1n) is 17.2. The third-order valence-electron chi connectivity index (χ3n) is 9.82. The minimum absolute atomic E-state index is 0.619. The van der Waals surface area contributed by atoms with Crippen LogP contribution >= 0.6 is 0 Å². The highest BCUT2D eigenvalue weighted by Crippen LogP contribution is 2.38. The van der Waals surface area contributed by atoms with Crippen LogP contribution in [0.3, 0.4) is 0 Å². The smallest absolute Gasteiger partial charge is 0.166 e. The second-order valence-electron chi connectivity index (χ2n) is 12.9. The van der Waals surface area contributed by atoms with E-state index in [1.807, 2.05) is 18.2 Å². The fourth-order valence-corrected chi connectivity index (χ4v) is 7.31. The van der Waals surface area contributed by atoms with Gasteiger partial charge in [-0.1, -0.05) is 146 Å². The van der Waals surface area contributed by atoms with E-state index >= 15 is 0 Å². The van der Waals surface area contributed by atoms with E-state index in [2.05, 4.69) is 168 Å². The molecule has 0 fully saturated rings. The lowest BCUT2D eigenvalue weighted by molar-refractivity contribution is 1.06. The third-order valence-corrected chi connectivity index (χ3v) is 9.82. The van der Waals surface area contributed by atoms with Crippen molar-refractivity contribution in [2.45, 2.75) is 0 Å². The quantitative estimate of drug-likeness (QED) is 0.186. The first-order valence-corrected chi connectivity index (χ1v) is 17.2.